The van der Waals surface area contributed by atoms with Crippen molar-refractivity contribution in [2.75, 3.05) is 0 Å². The second-order valence-corrected chi connectivity index (χ2v) is 9.95. The Bertz CT molecular complexity index is 1080. The number of carbonyl (C=O) groups is 1. The summed E-state index contributed by atoms with van der Waals surface area (Å²) in [6.07, 6.45) is 13.5. The van der Waals surface area contributed by atoms with E-state index in [0.29, 0.717) is 11.5 Å². The maximum absolute atomic E-state index is 15.1. The molecule has 0 aliphatic heterocycles. The van der Waals surface area contributed by atoms with Crippen molar-refractivity contribution in [3.63, 3.8) is 0 Å². The number of fused-ring (bicyclic) bond motifs is 1. The third-order valence-electron chi connectivity index (χ3n) is 7.70. The van der Waals surface area contributed by atoms with E-state index >= 15 is 4.39 Å². The molecule has 2 aromatic carbocycles. The van der Waals surface area contributed by atoms with Crippen LogP contribution in [0.4, 0.5) is 17.6 Å². The molecule has 0 amide bonds. The minimum atomic E-state index is -3.17. The Morgan fingerprint density at radius 1 is 1.00 bits per heavy atom. The topological polar surface area (TPSA) is 35.5 Å². The molecule has 0 aromatic heterocycles. The molecular formula is C29H32F4O3. The predicted octanol–water partition coefficient (Wildman–Crippen LogP) is 8.44. The van der Waals surface area contributed by atoms with Crippen LogP contribution in [0.15, 0.2) is 48.6 Å². The molecule has 2 aromatic rings. The maximum atomic E-state index is 15.1. The van der Waals surface area contributed by atoms with Crippen LogP contribution < -0.4 is 9.47 Å². The first kappa shape index (κ1) is 26.2. The average molecular weight is 505 g/mol. The Balaban J connectivity index is 1.35. The molecule has 0 N–H and O–H groups in total. The molecule has 0 saturated heterocycles. The Kier molecular flexibility index (Phi) is 8.70. The van der Waals surface area contributed by atoms with Gasteiger partial charge >= 0.3 is 12.6 Å². The second-order valence-electron chi connectivity index (χ2n) is 9.95. The first-order valence-electron chi connectivity index (χ1n) is 12.7. The Morgan fingerprint density at radius 3 is 2.50 bits per heavy atom. The number of ether oxygens (including phenoxy) is 2. The number of esters is 1. The molecule has 0 radical (unpaired) electrons. The highest BCUT2D eigenvalue weighted by Gasteiger charge is 2.36. The summed E-state index contributed by atoms with van der Waals surface area (Å²) in [4.78, 5) is 12.5. The van der Waals surface area contributed by atoms with E-state index in [0.717, 1.165) is 61.8 Å². The minimum absolute atomic E-state index is 0.000104. The van der Waals surface area contributed by atoms with Crippen LogP contribution in [0.5, 0.6) is 11.5 Å². The molecule has 4 atom stereocenters. The van der Waals surface area contributed by atoms with Crippen molar-refractivity contribution in [3.05, 3.63) is 71.3 Å². The number of carbonyl (C=O) groups excluding carboxylic acids is 1. The van der Waals surface area contributed by atoms with Gasteiger partial charge in [-0.25, -0.2) is 13.6 Å². The summed E-state index contributed by atoms with van der Waals surface area (Å²) in [5.74, 6) is -0.972. The van der Waals surface area contributed by atoms with Crippen LogP contribution in [0, 0.1) is 29.4 Å². The summed E-state index contributed by atoms with van der Waals surface area (Å²) in [7, 11) is 0. The van der Waals surface area contributed by atoms with E-state index in [-0.39, 0.29) is 17.2 Å². The van der Waals surface area contributed by atoms with Crippen LogP contribution in [0.3, 0.4) is 0 Å². The van der Waals surface area contributed by atoms with E-state index in [1.54, 1.807) is 6.07 Å². The smallest absolute Gasteiger partial charge is 0.387 e. The van der Waals surface area contributed by atoms with Crippen molar-refractivity contribution in [2.45, 2.75) is 70.8 Å². The van der Waals surface area contributed by atoms with Crippen LogP contribution in [0.1, 0.15) is 80.1 Å². The van der Waals surface area contributed by atoms with Crippen molar-refractivity contribution in [1.29, 1.82) is 0 Å². The minimum Gasteiger partial charge on any atom is -0.432 e. The molecule has 0 heterocycles. The highest BCUT2D eigenvalue weighted by atomic mass is 19.3. The van der Waals surface area contributed by atoms with Crippen molar-refractivity contribution in [3.8, 4) is 11.5 Å². The van der Waals surface area contributed by atoms with E-state index < -0.39 is 30.0 Å². The lowest BCUT2D eigenvalue weighted by Crippen LogP contribution is -2.30. The average Bonchev–Trinajstić information content (AvgIpc) is 2.85. The molecule has 4 rings (SSSR count). The molecular weight excluding hydrogens is 472 g/mol. The third-order valence-corrected chi connectivity index (χ3v) is 7.70. The van der Waals surface area contributed by atoms with Gasteiger partial charge in [0.2, 0.25) is 0 Å². The summed E-state index contributed by atoms with van der Waals surface area (Å²) in [5.41, 5.74) is 0.625. The van der Waals surface area contributed by atoms with E-state index in [4.69, 9.17) is 4.74 Å². The van der Waals surface area contributed by atoms with Gasteiger partial charge in [0.25, 0.3) is 0 Å². The Morgan fingerprint density at radius 2 is 1.78 bits per heavy atom. The van der Waals surface area contributed by atoms with Crippen LogP contribution >= 0.6 is 0 Å². The van der Waals surface area contributed by atoms with E-state index in [1.807, 2.05) is 0 Å². The van der Waals surface area contributed by atoms with Gasteiger partial charge in [0.05, 0.1) is 5.56 Å². The van der Waals surface area contributed by atoms with Gasteiger partial charge in [-0.3, -0.25) is 0 Å². The van der Waals surface area contributed by atoms with Gasteiger partial charge in [-0.05, 0) is 105 Å². The highest BCUT2D eigenvalue weighted by molar-refractivity contribution is 5.91. The van der Waals surface area contributed by atoms with E-state index in [2.05, 4.69) is 23.8 Å². The van der Waals surface area contributed by atoms with Gasteiger partial charge < -0.3 is 9.47 Å². The van der Waals surface area contributed by atoms with Crippen molar-refractivity contribution in [1.82, 2.24) is 0 Å². The molecule has 2 aliphatic rings. The zero-order valence-corrected chi connectivity index (χ0v) is 20.4. The molecule has 0 bridgehead atoms. The van der Waals surface area contributed by atoms with Crippen LogP contribution in [0.25, 0.3) is 0 Å². The molecule has 194 valence electrons. The van der Waals surface area contributed by atoms with Gasteiger partial charge in [0.1, 0.15) is 11.6 Å². The monoisotopic (exact) mass is 504 g/mol. The van der Waals surface area contributed by atoms with Crippen LogP contribution in [0.2, 0.25) is 0 Å². The zero-order valence-electron chi connectivity index (χ0n) is 20.4. The molecule has 7 heteroatoms. The fraction of sp³-hybridized carbons (Fsp3) is 0.483. The van der Waals surface area contributed by atoms with Gasteiger partial charge in [0.15, 0.2) is 11.6 Å². The van der Waals surface area contributed by atoms with Gasteiger partial charge in [-0.15, -0.1) is 0 Å². The summed E-state index contributed by atoms with van der Waals surface area (Å²) < 4.78 is 62.6. The number of hydrogen-bond donors (Lipinski definition) is 0. The lowest BCUT2D eigenvalue weighted by Gasteiger charge is -2.42. The molecule has 2 aliphatic carbocycles. The summed E-state index contributed by atoms with van der Waals surface area (Å²) in [5, 5.41) is 0. The first-order valence-corrected chi connectivity index (χ1v) is 12.7. The standard InChI is InChI=1S/C29H32F4O3/c1-2-3-4-5-18-6-7-20-15-21(9-8-19(20)14-18)24-12-10-22(16-25(24)30)28(34)35-23-11-13-27(26(31)17-23)36-29(32)33/h2-3,10-13,16-21,29H,4-9,14-15H2,1H3/b3-2+. The van der Waals surface area contributed by atoms with Gasteiger partial charge in [-0.1, -0.05) is 24.6 Å². The van der Waals surface area contributed by atoms with Gasteiger partial charge in [0, 0.05) is 6.07 Å². The zero-order chi connectivity index (χ0) is 25.7. The van der Waals surface area contributed by atoms with Crippen molar-refractivity contribution < 1.29 is 31.8 Å². The third kappa shape index (κ3) is 6.48. The molecule has 3 nitrogen and oxygen atoms in total. The number of benzene rings is 2. The summed E-state index contributed by atoms with van der Waals surface area (Å²) >= 11 is 0. The van der Waals surface area contributed by atoms with Crippen LogP contribution in [-0.4, -0.2) is 12.6 Å². The molecule has 2 saturated carbocycles. The first-order chi connectivity index (χ1) is 17.3. The number of allylic oxidation sites excluding steroid dienone is 2. The van der Waals surface area contributed by atoms with E-state index in [9.17, 15) is 18.0 Å². The second kappa shape index (κ2) is 11.9. The number of halogens is 4. The molecule has 0 spiro atoms. The fourth-order valence-corrected chi connectivity index (χ4v) is 5.92. The fourth-order valence-electron chi connectivity index (χ4n) is 5.92. The molecule has 4 unspecified atom stereocenters. The number of hydrogen-bond acceptors (Lipinski definition) is 3. The lowest BCUT2D eigenvalue weighted by molar-refractivity contribution is -0.0522. The number of alkyl halides is 2. The van der Waals surface area contributed by atoms with Crippen LogP contribution in [-0.2, 0) is 0 Å². The molecule has 36 heavy (non-hydrogen) atoms. The lowest BCUT2D eigenvalue weighted by atomic mass is 9.63. The van der Waals surface area contributed by atoms with Crippen molar-refractivity contribution >= 4 is 5.97 Å². The number of rotatable bonds is 8. The molecule has 2 fully saturated rings. The largest absolute Gasteiger partial charge is 0.432 e. The predicted molar refractivity (Wildman–Crippen MR) is 129 cm³/mol. The SMILES string of the molecule is C/C=C/CCC1CCC2CC(c3ccc(C(=O)Oc4ccc(OC(F)F)c(F)c4)cc3F)CCC2C1. The quantitative estimate of drug-likeness (QED) is 0.157. The maximum Gasteiger partial charge on any atom is 0.387 e. The Labute approximate surface area is 209 Å². The van der Waals surface area contributed by atoms with Crippen molar-refractivity contribution in [2.24, 2.45) is 17.8 Å². The van der Waals surface area contributed by atoms with Gasteiger partial charge in [-0.2, -0.15) is 8.78 Å². The normalized spacial score (nSPS) is 24.1. The Hall–Kier alpha value is -2.83. The summed E-state index contributed by atoms with van der Waals surface area (Å²) in [6, 6.07) is 7.19. The summed E-state index contributed by atoms with van der Waals surface area (Å²) in [6.45, 7) is -1.11. The highest BCUT2D eigenvalue weighted by Crippen LogP contribution is 2.48. The van der Waals surface area contributed by atoms with E-state index in [1.165, 1.54) is 31.7 Å².